The van der Waals surface area contributed by atoms with E-state index in [4.69, 9.17) is 29.4 Å². The Labute approximate surface area is 204 Å². The van der Waals surface area contributed by atoms with Crippen LogP contribution in [0.5, 0.6) is 0 Å². The summed E-state index contributed by atoms with van der Waals surface area (Å²) in [7, 11) is 1.75. The molecule has 7 rings (SSSR count). The Morgan fingerprint density at radius 2 is 1.79 bits per heavy atom. The molecule has 6 nitrogen and oxygen atoms in total. The minimum absolute atomic E-state index is 0.00782. The van der Waals surface area contributed by atoms with E-state index in [2.05, 4.69) is 13.8 Å². The van der Waals surface area contributed by atoms with Crippen molar-refractivity contribution in [3.05, 3.63) is 0 Å². The Morgan fingerprint density at radius 3 is 2.62 bits per heavy atom. The zero-order chi connectivity index (χ0) is 23.5. The van der Waals surface area contributed by atoms with Gasteiger partial charge in [0.05, 0.1) is 36.6 Å². The van der Waals surface area contributed by atoms with Crippen molar-refractivity contribution in [1.29, 1.82) is 0 Å². The standard InChI is InChI=1S/C28H45NO5/c1-15-25(29)22(30-4)13-23(32-15)33-18-7-9-26(2)17(12-18)5-6-19-21(26)11-16-14-31-27(3)20-8-10-28(19,34-27)24(16)20/h15-25H,5-14,29H2,1-4H3/t15-,16?,17?,18+,19?,20?,21?,22?,23?,24?,25?,26+,27?,28+/m1/s1. The fourth-order valence-electron chi connectivity index (χ4n) is 10.6. The van der Waals surface area contributed by atoms with Gasteiger partial charge in [-0.3, -0.25) is 0 Å². The molecule has 7 fully saturated rings. The van der Waals surface area contributed by atoms with E-state index in [-0.39, 0.29) is 42.0 Å². The van der Waals surface area contributed by atoms with Crippen molar-refractivity contribution >= 4 is 0 Å². The zero-order valence-corrected chi connectivity index (χ0v) is 21.5. The lowest BCUT2D eigenvalue weighted by atomic mass is 9.44. The predicted molar refractivity (Wildman–Crippen MR) is 127 cm³/mol. The zero-order valence-electron chi connectivity index (χ0n) is 21.5. The van der Waals surface area contributed by atoms with Crippen LogP contribution in [0.1, 0.15) is 78.6 Å². The maximum atomic E-state index is 7.00. The van der Waals surface area contributed by atoms with Gasteiger partial charge in [-0.1, -0.05) is 6.92 Å². The molecule has 34 heavy (non-hydrogen) atoms. The summed E-state index contributed by atoms with van der Waals surface area (Å²) in [5.41, 5.74) is 6.76. The number of hydrogen-bond donors (Lipinski definition) is 1. The third-order valence-corrected chi connectivity index (χ3v) is 12.2. The van der Waals surface area contributed by atoms with Gasteiger partial charge in [-0.05, 0) is 94.3 Å². The number of rotatable bonds is 3. The minimum atomic E-state index is -0.308. The molecule has 192 valence electrons. The van der Waals surface area contributed by atoms with Crippen LogP contribution >= 0.6 is 0 Å². The Bertz CT molecular complexity index is 825. The fraction of sp³-hybridized carbons (Fsp3) is 1.00. The molecule has 0 aromatic carbocycles. The van der Waals surface area contributed by atoms with Crippen molar-refractivity contribution in [3.63, 3.8) is 0 Å². The van der Waals surface area contributed by atoms with Crippen LogP contribution < -0.4 is 5.73 Å². The summed E-state index contributed by atoms with van der Waals surface area (Å²) in [6.07, 6.45) is 10.9. The first-order chi connectivity index (χ1) is 16.3. The smallest absolute Gasteiger partial charge is 0.169 e. The van der Waals surface area contributed by atoms with Crippen LogP contribution in [0.3, 0.4) is 0 Å². The number of fused-ring (bicyclic) bond motifs is 3. The van der Waals surface area contributed by atoms with E-state index in [1.54, 1.807) is 7.11 Å². The van der Waals surface area contributed by atoms with Crippen molar-refractivity contribution in [1.82, 2.24) is 0 Å². The molecule has 3 heterocycles. The van der Waals surface area contributed by atoms with Crippen LogP contribution in [-0.4, -0.2) is 55.7 Å². The molecule has 7 aliphatic rings. The van der Waals surface area contributed by atoms with Crippen molar-refractivity contribution in [2.75, 3.05) is 13.7 Å². The summed E-state index contributed by atoms with van der Waals surface area (Å²) in [5, 5.41) is 0. The van der Waals surface area contributed by atoms with Gasteiger partial charge in [0.2, 0.25) is 0 Å². The van der Waals surface area contributed by atoms with Crippen LogP contribution in [0, 0.1) is 40.9 Å². The van der Waals surface area contributed by atoms with Gasteiger partial charge < -0.3 is 29.4 Å². The van der Waals surface area contributed by atoms with Gasteiger partial charge in [-0.25, -0.2) is 0 Å². The first kappa shape index (κ1) is 22.9. The molecule has 2 N–H and O–H groups in total. The molecule has 3 aliphatic heterocycles. The highest BCUT2D eigenvalue weighted by atomic mass is 16.7. The molecule has 0 spiro atoms. The highest BCUT2D eigenvalue weighted by Gasteiger charge is 2.75. The summed E-state index contributed by atoms with van der Waals surface area (Å²) in [6.45, 7) is 7.82. The van der Waals surface area contributed by atoms with Gasteiger partial charge >= 0.3 is 0 Å². The summed E-state index contributed by atoms with van der Waals surface area (Å²) >= 11 is 0. The lowest BCUT2D eigenvalue weighted by molar-refractivity contribution is -0.286. The number of hydrogen-bond acceptors (Lipinski definition) is 6. The lowest BCUT2D eigenvalue weighted by Crippen LogP contribution is -2.60. The van der Waals surface area contributed by atoms with Gasteiger partial charge in [-0.15, -0.1) is 0 Å². The van der Waals surface area contributed by atoms with Crippen LogP contribution in [0.2, 0.25) is 0 Å². The summed E-state index contributed by atoms with van der Waals surface area (Å²) in [4.78, 5) is 0. The second-order valence-electron chi connectivity index (χ2n) is 13.4. The van der Waals surface area contributed by atoms with Crippen LogP contribution in [0.4, 0.5) is 0 Å². The van der Waals surface area contributed by atoms with E-state index in [0.717, 1.165) is 43.6 Å². The molecule has 0 amide bonds. The van der Waals surface area contributed by atoms with E-state index in [9.17, 15) is 0 Å². The van der Waals surface area contributed by atoms with Crippen molar-refractivity contribution in [2.45, 2.75) is 121 Å². The first-order valence-corrected chi connectivity index (χ1v) is 14.2. The molecular formula is C28H45NO5. The quantitative estimate of drug-likeness (QED) is 0.616. The maximum absolute atomic E-state index is 7.00. The average Bonchev–Trinajstić information content (AvgIpc) is 3.30. The number of methoxy groups -OCH3 is 1. The van der Waals surface area contributed by atoms with Gasteiger partial charge in [0.25, 0.3) is 0 Å². The third-order valence-electron chi connectivity index (χ3n) is 12.2. The topological polar surface area (TPSA) is 72.2 Å². The molecule has 6 heteroatoms. The van der Waals surface area contributed by atoms with Crippen LogP contribution in [-0.2, 0) is 23.7 Å². The second-order valence-corrected chi connectivity index (χ2v) is 13.4. The molecule has 4 bridgehead atoms. The fourth-order valence-corrected chi connectivity index (χ4v) is 10.6. The Kier molecular flexibility index (Phi) is 5.15. The number of ether oxygens (including phenoxy) is 5. The second kappa shape index (κ2) is 7.64. The third kappa shape index (κ3) is 2.96. The molecule has 0 aromatic heterocycles. The molecule has 4 saturated carbocycles. The monoisotopic (exact) mass is 475 g/mol. The molecule has 3 saturated heterocycles. The predicted octanol–water partition coefficient (Wildman–Crippen LogP) is 4.24. The van der Waals surface area contributed by atoms with Crippen LogP contribution in [0.15, 0.2) is 0 Å². The molecule has 10 unspecified atom stereocenters. The largest absolute Gasteiger partial charge is 0.380 e. The Balaban J connectivity index is 1.08. The molecule has 4 aliphatic carbocycles. The SMILES string of the molecule is COC1CC(O[C@H]2CC[C@@]3(C)C(CCC4C3CC3COC5(C)O[C@@]46CCC5C36)C2)O[C@H](C)C1N. The van der Waals surface area contributed by atoms with E-state index < -0.39 is 0 Å². The summed E-state index contributed by atoms with van der Waals surface area (Å²) in [6, 6.07) is -0.0845. The minimum Gasteiger partial charge on any atom is -0.380 e. The highest BCUT2D eigenvalue weighted by Crippen LogP contribution is 2.73. The van der Waals surface area contributed by atoms with Crippen LogP contribution in [0.25, 0.3) is 0 Å². The summed E-state index contributed by atoms with van der Waals surface area (Å²) in [5.74, 6) is 3.97. The number of nitrogens with two attached hydrogens (primary N) is 1. The molecule has 0 radical (unpaired) electrons. The highest BCUT2D eigenvalue weighted by molar-refractivity contribution is 5.21. The summed E-state index contributed by atoms with van der Waals surface area (Å²) < 4.78 is 31.8. The van der Waals surface area contributed by atoms with Gasteiger partial charge in [0, 0.05) is 25.4 Å². The average molecular weight is 476 g/mol. The Hall–Kier alpha value is -0.240. The van der Waals surface area contributed by atoms with Crippen molar-refractivity contribution < 1.29 is 23.7 Å². The normalized spacial score (nSPS) is 62.2. The van der Waals surface area contributed by atoms with Crippen molar-refractivity contribution in [3.8, 4) is 0 Å². The van der Waals surface area contributed by atoms with E-state index in [1.807, 2.05) is 6.92 Å². The van der Waals surface area contributed by atoms with Crippen molar-refractivity contribution in [2.24, 2.45) is 46.7 Å². The first-order valence-electron chi connectivity index (χ1n) is 14.2. The van der Waals surface area contributed by atoms with E-state index in [1.165, 1.54) is 38.5 Å². The lowest BCUT2D eigenvalue weighted by Gasteiger charge is -2.62. The van der Waals surface area contributed by atoms with Gasteiger partial charge in [0.15, 0.2) is 12.1 Å². The molecular weight excluding hydrogens is 430 g/mol. The van der Waals surface area contributed by atoms with E-state index >= 15 is 0 Å². The Morgan fingerprint density at radius 1 is 0.941 bits per heavy atom. The van der Waals surface area contributed by atoms with E-state index in [0.29, 0.717) is 23.2 Å². The van der Waals surface area contributed by atoms with Gasteiger partial charge in [-0.2, -0.15) is 0 Å². The molecule has 0 aromatic rings. The maximum Gasteiger partial charge on any atom is 0.169 e. The molecule has 14 atom stereocenters. The van der Waals surface area contributed by atoms with Gasteiger partial charge in [0.1, 0.15) is 0 Å².